The highest BCUT2D eigenvalue weighted by atomic mass is 32.2. The summed E-state index contributed by atoms with van der Waals surface area (Å²) in [6, 6.07) is 0.604. The lowest BCUT2D eigenvalue weighted by Gasteiger charge is -2.17. The number of hydrogen-bond donors (Lipinski definition) is 0. The summed E-state index contributed by atoms with van der Waals surface area (Å²) in [5, 5.41) is 0. The lowest BCUT2D eigenvalue weighted by molar-refractivity contribution is -0.143. The van der Waals surface area contributed by atoms with Gasteiger partial charge in [-0.2, -0.15) is 0 Å². The van der Waals surface area contributed by atoms with E-state index in [0.29, 0.717) is 22.6 Å². The normalized spacial score (nSPS) is 22.2. The monoisotopic (exact) mass is 395 g/mol. The van der Waals surface area contributed by atoms with E-state index in [-0.39, 0.29) is 24.1 Å². The minimum Gasteiger partial charge on any atom is -0.344 e. The van der Waals surface area contributed by atoms with Crippen LogP contribution in [0.1, 0.15) is 41.1 Å². The van der Waals surface area contributed by atoms with Gasteiger partial charge in [0.25, 0.3) is 0 Å². The van der Waals surface area contributed by atoms with Crippen molar-refractivity contribution < 1.29 is 27.6 Å². The van der Waals surface area contributed by atoms with Crippen LogP contribution in [0.2, 0.25) is 0 Å². The van der Waals surface area contributed by atoms with Crippen LogP contribution in [0.25, 0.3) is 0 Å². The number of urea groups is 1. The Hall–Kier alpha value is -2.49. The molecule has 0 saturated carbocycles. The predicted octanol–water partition coefficient (Wildman–Crippen LogP) is 0.458. The molecule has 10 heteroatoms. The molecule has 2 aliphatic rings. The Balaban J connectivity index is 1.85. The van der Waals surface area contributed by atoms with E-state index in [4.69, 9.17) is 0 Å². The second-order valence-corrected chi connectivity index (χ2v) is 9.09. The Morgan fingerprint density at radius 2 is 1.78 bits per heavy atom. The summed E-state index contributed by atoms with van der Waals surface area (Å²) < 4.78 is 25.4. The quantitative estimate of drug-likeness (QED) is 0.406. The maximum Gasteiger partial charge on any atom is 0.334 e. The van der Waals surface area contributed by atoms with Gasteiger partial charge >= 0.3 is 17.8 Å². The van der Waals surface area contributed by atoms with Crippen molar-refractivity contribution >= 4 is 33.5 Å². The summed E-state index contributed by atoms with van der Waals surface area (Å²) in [5.74, 6) is -2.27. The average molecular weight is 395 g/mol. The van der Waals surface area contributed by atoms with Gasteiger partial charge in [-0.1, -0.05) is 0 Å². The molecule has 2 aliphatic heterocycles. The number of amides is 4. The molecular formula is C17H21N3O6S. The van der Waals surface area contributed by atoms with Crippen molar-refractivity contribution in [3.8, 4) is 0 Å². The molecule has 0 aromatic carbocycles. The highest BCUT2D eigenvalue weighted by molar-refractivity contribution is 7.91. The van der Waals surface area contributed by atoms with Gasteiger partial charge in [-0.25, -0.2) is 18.1 Å². The maximum atomic E-state index is 12.7. The summed E-state index contributed by atoms with van der Waals surface area (Å²) in [6.07, 6.45) is 0.482. The van der Waals surface area contributed by atoms with Gasteiger partial charge in [0.05, 0.1) is 18.1 Å². The number of hydrogen-bond acceptors (Lipinski definition) is 6. The number of ketones is 1. The maximum absolute atomic E-state index is 12.7. The van der Waals surface area contributed by atoms with Gasteiger partial charge in [0.2, 0.25) is 0 Å². The van der Waals surface area contributed by atoms with Crippen LogP contribution in [0.15, 0.2) is 6.07 Å². The SMILES string of the molecule is CCN1C(=O)C(=O)N(CC(=O)c2cc(C)n([C@H]3CCS(=O)(=O)C3)c2C)C1=O. The highest BCUT2D eigenvalue weighted by Crippen LogP contribution is 2.29. The number of carbonyl (C=O) groups is 4. The van der Waals surface area contributed by atoms with E-state index >= 15 is 0 Å². The predicted molar refractivity (Wildman–Crippen MR) is 95.0 cm³/mol. The van der Waals surface area contributed by atoms with Crippen molar-refractivity contribution in [1.82, 2.24) is 14.4 Å². The van der Waals surface area contributed by atoms with Crippen molar-refractivity contribution in [1.29, 1.82) is 0 Å². The molecule has 3 heterocycles. The molecule has 2 saturated heterocycles. The molecule has 0 unspecified atom stereocenters. The Bertz CT molecular complexity index is 962. The third-order valence-corrected chi connectivity index (χ3v) is 6.86. The number of Topliss-reactive ketones (excluding diaryl/α,β-unsaturated/α-hetero) is 1. The number of aryl methyl sites for hydroxylation is 1. The van der Waals surface area contributed by atoms with Crippen LogP contribution in [0.5, 0.6) is 0 Å². The van der Waals surface area contributed by atoms with Crippen molar-refractivity contribution in [2.24, 2.45) is 0 Å². The van der Waals surface area contributed by atoms with Crippen LogP contribution in [0.4, 0.5) is 4.79 Å². The van der Waals surface area contributed by atoms with Crippen LogP contribution in [-0.2, 0) is 19.4 Å². The Morgan fingerprint density at radius 3 is 2.30 bits per heavy atom. The zero-order valence-electron chi connectivity index (χ0n) is 15.4. The van der Waals surface area contributed by atoms with Crippen molar-refractivity contribution in [2.45, 2.75) is 33.2 Å². The van der Waals surface area contributed by atoms with Crippen molar-refractivity contribution in [2.75, 3.05) is 24.6 Å². The number of nitrogens with zero attached hydrogens (tertiary/aromatic N) is 3. The fourth-order valence-corrected chi connectivity index (χ4v) is 5.50. The minimum absolute atomic E-state index is 0.0278. The van der Waals surface area contributed by atoms with Gasteiger partial charge in [-0.3, -0.25) is 19.3 Å². The third kappa shape index (κ3) is 3.18. The van der Waals surface area contributed by atoms with Crippen LogP contribution >= 0.6 is 0 Å². The molecular weight excluding hydrogens is 374 g/mol. The van der Waals surface area contributed by atoms with E-state index in [1.54, 1.807) is 26.8 Å². The molecule has 3 rings (SSSR count). The lowest BCUT2D eigenvalue weighted by atomic mass is 10.1. The molecule has 1 aromatic heterocycles. The lowest BCUT2D eigenvalue weighted by Crippen LogP contribution is -2.37. The first-order valence-electron chi connectivity index (χ1n) is 8.66. The van der Waals surface area contributed by atoms with Gasteiger partial charge < -0.3 is 4.57 Å². The molecule has 0 aliphatic carbocycles. The highest BCUT2D eigenvalue weighted by Gasteiger charge is 2.44. The zero-order valence-corrected chi connectivity index (χ0v) is 16.2. The van der Waals surface area contributed by atoms with Gasteiger partial charge in [-0.15, -0.1) is 0 Å². The number of rotatable bonds is 5. The largest absolute Gasteiger partial charge is 0.344 e. The van der Waals surface area contributed by atoms with Gasteiger partial charge in [0.15, 0.2) is 15.6 Å². The van der Waals surface area contributed by atoms with E-state index in [1.807, 2.05) is 4.57 Å². The summed E-state index contributed by atoms with van der Waals surface area (Å²) in [6.45, 7) is 4.59. The molecule has 1 aromatic rings. The summed E-state index contributed by atoms with van der Waals surface area (Å²) in [5.41, 5.74) is 1.65. The molecule has 0 N–H and O–H groups in total. The van der Waals surface area contributed by atoms with Crippen LogP contribution < -0.4 is 0 Å². The van der Waals surface area contributed by atoms with Crippen LogP contribution in [-0.4, -0.2) is 71.0 Å². The number of carbonyl (C=O) groups excluding carboxylic acids is 4. The molecule has 0 radical (unpaired) electrons. The second kappa shape index (κ2) is 6.59. The van der Waals surface area contributed by atoms with E-state index in [0.717, 1.165) is 10.6 Å². The number of aromatic nitrogens is 1. The van der Waals surface area contributed by atoms with Gasteiger partial charge in [0, 0.05) is 29.5 Å². The molecule has 9 nitrogen and oxygen atoms in total. The Morgan fingerprint density at radius 1 is 1.15 bits per heavy atom. The van der Waals surface area contributed by atoms with E-state index in [1.165, 1.54) is 0 Å². The minimum atomic E-state index is -3.08. The van der Waals surface area contributed by atoms with Crippen molar-refractivity contribution in [3.63, 3.8) is 0 Å². The molecule has 146 valence electrons. The Kier molecular flexibility index (Phi) is 4.71. The van der Waals surface area contributed by atoms with Gasteiger partial charge in [-0.05, 0) is 33.3 Å². The molecule has 0 bridgehead atoms. The number of sulfone groups is 1. The average Bonchev–Trinajstić information content (AvgIpc) is 3.16. The standard InChI is InChI=1S/C17H21N3O6S/c1-4-18-15(22)16(23)19(17(18)24)8-14(21)13-7-10(2)20(11(13)3)12-5-6-27(25,26)9-12/h7,12H,4-6,8-9H2,1-3H3/t12-/m0/s1. The number of likely N-dealkylation sites (N-methyl/N-ethyl adjacent to an activating group) is 1. The molecule has 2 fully saturated rings. The Labute approximate surface area is 156 Å². The molecule has 27 heavy (non-hydrogen) atoms. The van der Waals surface area contributed by atoms with E-state index in [2.05, 4.69) is 0 Å². The zero-order chi connectivity index (χ0) is 20.1. The fraction of sp³-hybridized carbons (Fsp3) is 0.529. The van der Waals surface area contributed by atoms with E-state index in [9.17, 15) is 27.6 Å². The first kappa shape index (κ1) is 19.3. The second-order valence-electron chi connectivity index (χ2n) is 6.86. The molecule has 4 amide bonds. The topological polar surface area (TPSA) is 114 Å². The fourth-order valence-electron chi connectivity index (χ4n) is 3.80. The summed E-state index contributed by atoms with van der Waals surface area (Å²) in [4.78, 5) is 50.1. The summed E-state index contributed by atoms with van der Waals surface area (Å²) >= 11 is 0. The first-order chi connectivity index (χ1) is 12.6. The summed E-state index contributed by atoms with van der Waals surface area (Å²) in [7, 11) is -3.08. The van der Waals surface area contributed by atoms with Crippen molar-refractivity contribution in [3.05, 3.63) is 23.0 Å². The van der Waals surface area contributed by atoms with Gasteiger partial charge in [0.1, 0.15) is 0 Å². The molecule has 0 spiro atoms. The third-order valence-electron chi connectivity index (χ3n) is 5.11. The smallest absolute Gasteiger partial charge is 0.334 e. The number of imide groups is 2. The molecule has 1 atom stereocenters. The van der Waals surface area contributed by atoms with Crippen LogP contribution in [0, 0.1) is 13.8 Å². The van der Waals surface area contributed by atoms with Crippen LogP contribution in [0.3, 0.4) is 0 Å². The van der Waals surface area contributed by atoms with E-state index < -0.39 is 40.0 Å². The first-order valence-corrected chi connectivity index (χ1v) is 10.5.